The van der Waals surface area contributed by atoms with Crippen LogP contribution in [0.3, 0.4) is 0 Å². The molecule has 2 nitrogen and oxygen atoms in total. The molecule has 0 radical (unpaired) electrons. The van der Waals surface area contributed by atoms with Crippen molar-refractivity contribution >= 4 is 38.4 Å². The van der Waals surface area contributed by atoms with Crippen LogP contribution in [0.15, 0.2) is 48.5 Å². The SMILES string of the molecule is COc1c(C(C)(C)C)cc(P(c2cc(C(C)(C)C)c(OC)c(C(C)(C)C)c2)c2ccccc2P)cc1C(C)(C)C. The molecule has 0 aliphatic rings. The summed E-state index contributed by atoms with van der Waals surface area (Å²) >= 11 is 0. The highest BCUT2D eigenvalue weighted by atomic mass is 31.1. The number of ether oxygens (including phenoxy) is 2. The first-order chi connectivity index (χ1) is 18.2. The van der Waals surface area contributed by atoms with Crippen LogP contribution in [0.1, 0.15) is 105 Å². The van der Waals surface area contributed by atoms with Crippen LogP contribution in [0.25, 0.3) is 0 Å². The summed E-state index contributed by atoms with van der Waals surface area (Å²) in [6.45, 7) is 27.4. The van der Waals surface area contributed by atoms with Gasteiger partial charge in [-0.25, -0.2) is 0 Å². The minimum atomic E-state index is -0.887. The van der Waals surface area contributed by atoms with Gasteiger partial charge in [0.1, 0.15) is 11.5 Å². The van der Waals surface area contributed by atoms with E-state index >= 15 is 0 Å². The summed E-state index contributed by atoms with van der Waals surface area (Å²) in [5, 5.41) is 5.30. The molecule has 3 aromatic rings. The van der Waals surface area contributed by atoms with Crippen molar-refractivity contribution in [3.05, 3.63) is 70.8 Å². The van der Waals surface area contributed by atoms with Crippen LogP contribution in [0.5, 0.6) is 11.5 Å². The minimum absolute atomic E-state index is 0.0735. The number of hydrogen-bond acceptors (Lipinski definition) is 2. The van der Waals surface area contributed by atoms with Crippen LogP contribution in [0.4, 0.5) is 0 Å². The second kappa shape index (κ2) is 11.4. The Labute approximate surface area is 248 Å². The Hall–Kier alpha value is -1.88. The van der Waals surface area contributed by atoms with Gasteiger partial charge >= 0.3 is 0 Å². The first kappa shape index (κ1) is 32.6. The first-order valence-corrected chi connectivity index (χ1v) is 16.2. The highest BCUT2D eigenvalue weighted by Crippen LogP contribution is 2.46. The fraction of sp³-hybridized carbons (Fsp3) is 0.500. The Morgan fingerprint density at radius 2 is 0.825 bits per heavy atom. The largest absolute Gasteiger partial charge is 0.496 e. The van der Waals surface area contributed by atoms with E-state index < -0.39 is 7.92 Å². The molecule has 0 saturated heterocycles. The van der Waals surface area contributed by atoms with E-state index in [0.29, 0.717) is 0 Å². The summed E-state index contributed by atoms with van der Waals surface area (Å²) in [4.78, 5) is 0. The Balaban J connectivity index is 2.57. The summed E-state index contributed by atoms with van der Waals surface area (Å²) in [5.41, 5.74) is 4.73. The molecule has 40 heavy (non-hydrogen) atoms. The van der Waals surface area contributed by atoms with Crippen molar-refractivity contribution in [2.75, 3.05) is 14.2 Å². The summed E-state index contributed by atoms with van der Waals surface area (Å²) < 4.78 is 12.3. The maximum Gasteiger partial charge on any atom is 0.126 e. The van der Waals surface area contributed by atoms with Crippen molar-refractivity contribution in [3.63, 3.8) is 0 Å². The van der Waals surface area contributed by atoms with E-state index in [4.69, 9.17) is 9.47 Å². The molecule has 0 N–H and O–H groups in total. The van der Waals surface area contributed by atoms with Gasteiger partial charge in [0.2, 0.25) is 0 Å². The Morgan fingerprint density at radius 1 is 0.525 bits per heavy atom. The van der Waals surface area contributed by atoms with Gasteiger partial charge in [0.25, 0.3) is 0 Å². The van der Waals surface area contributed by atoms with Crippen LogP contribution in [0.2, 0.25) is 0 Å². The van der Waals surface area contributed by atoms with E-state index in [2.05, 4.69) is 141 Å². The highest BCUT2D eigenvalue weighted by molar-refractivity contribution is 7.80. The Kier molecular flexibility index (Phi) is 9.32. The smallest absolute Gasteiger partial charge is 0.126 e. The number of methoxy groups -OCH3 is 2. The normalized spacial score (nSPS) is 13.1. The van der Waals surface area contributed by atoms with Gasteiger partial charge in [-0.05, 0) is 75.1 Å². The van der Waals surface area contributed by atoms with Gasteiger partial charge in [0.15, 0.2) is 0 Å². The fourth-order valence-electron chi connectivity index (χ4n) is 5.27. The maximum atomic E-state index is 6.14. The molecule has 0 aliphatic carbocycles. The standard InChI is InChI=1S/C36H52O2P2/c1-33(2,3)25-19-23(20-26(31(25)37-13)34(4,5)6)40(30-18-16-15-17-29(30)39)24-21-27(35(7,8)9)32(38-14)28(22-24)36(10,11)12/h15-22H,39H2,1-14H3. The lowest BCUT2D eigenvalue weighted by atomic mass is 9.79. The summed E-state index contributed by atoms with van der Waals surface area (Å²) in [6, 6.07) is 18.5. The van der Waals surface area contributed by atoms with E-state index in [1.807, 2.05) is 14.2 Å². The molecule has 0 aliphatic heterocycles. The van der Waals surface area contributed by atoms with Gasteiger partial charge in [0, 0.05) is 22.3 Å². The first-order valence-electron chi connectivity index (χ1n) is 14.3. The van der Waals surface area contributed by atoms with Gasteiger partial charge in [-0.15, -0.1) is 9.24 Å². The molecule has 0 saturated carbocycles. The van der Waals surface area contributed by atoms with Gasteiger partial charge in [0.05, 0.1) is 14.2 Å². The number of benzene rings is 3. The van der Waals surface area contributed by atoms with Crippen LogP contribution < -0.4 is 30.7 Å². The third-order valence-electron chi connectivity index (χ3n) is 7.48. The third kappa shape index (κ3) is 6.77. The molecule has 0 amide bonds. The predicted molar refractivity (Wildman–Crippen MR) is 182 cm³/mol. The molecule has 0 bridgehead atoms. The Bertz CT molecular complexity index is 1210. The van der Waals surface area contributed by atoms with Crippen LogP contribution >= 0.6 is 17.2 Å². The summed E-state index contributed by atoms with van der Waals surface area (Å²) in [6.07, 6.45) is 0. The van der Waals surface area contributed by atoms with Gasteiger partial charge in [-0.1, -0.05) is 107 Å². The molecule has 4 heteroatoms. The third-order valence-corrected chi connectivity index (χ3v) is 10.7. The van der Waals surface area contributed by atoms with E-state index in [-0.39, 0.29) is 21.7 Å². The van der Waals surface area contributed by atoms with Gasteiger partial charge in [-0.2, -0.15) is 0 Å². The molecule has 1 atom stereocenters. The molecule has 0 heterocycles. The van der Waals surface area contributed by atoms with Crippen molar-refractivity contribution in [1.29, 1.82) is 0 Å². The number of hydrogen-bond donors (Lipinski definition) is 0. The van der Waals surface area contributed by atoms with Crippen molar-refractivity contribution in [3.8, 4) is 11.5 Å². The number of rotatable bonds is 5. The topological polar surface area (TPSA) is 18.5 Å². The molecule has 0 spiro atoms. The van der Waals surface area contributed by atoms with Crippen molar-refractivity contribution in [2.45, 2.75) is 105 Å². The van der Waals surface area contributed by atoms with E-state index in [0.717, 1.165) is 11.5 Å². The van der Waals surface area contributed by atoms with E-state index in [1.165, 1.54) is 43.5 Å². The Morgan fingerprint density at radius 3 is 1.07 bits per heavy atom. The zero-order valence-electron chi connectivity index (χ0n) is 27.5. The molecular weight excluding hydrogens is 526 g/mol. The molecular formula is C36H52O2P2. The zero-order chi connectivity index (χ0) is 30.4. The van der Waals surface area contributed by atoms with Crippen molar-refractivity contribution in [2.24, 2.45) is 0 Å². The van der Waals surface area contributed by atoms with Crippen LogP contribution in [0, 0.1) is 0 Å². The molecule has 218 valence electrons. The van der Waals surface area contributed by atoms with E-state index in [1.54, 1.807) is 0 Å². The lowest BCUT2D eigenvalue weighted by molar-refractivity contribution is 0.381. The zero-order valence-corrected chi connectivity index (χ0v) is 29.5. The van der Waals surface area contributed by atoms with Crippen LogP contribution in [-0.2, 0) is 21.7 Å². The second-order valence-electron chi connectivity index (χ2n) is 15.0. The quantitative estimate of drug-likeness (QED) is 0.285. The van der Waals surface area contributed by atoms with Crippen molar-refractivity contribution < 1.29 is 9.47 Å². The molecule has 3 rings (SSSR count). The maximum absolute atomic E-state index is 6.14. The average Bonchev–Trinajstić information content (AvgIpc) is 2.82. The molecule has 3 aromatic carbocycles. The lowest BCUT2D eigenvalue weighted by Gasteiger charge is -2.34. The predicted octanol–water partition coefficient (Wildman–Crippen LogP) is 8.15. The van der Waals surface area contributed by atoms with Gasteiger partial charge < -0.3 is 9.47 Å². The van der Waals surface area contributed by atoms with E-state index in [9.17, 15) is 0 Å². The van der Waals surface area contributed by atoms with Gasteiger partial charge in [-0.3, -0.25) is 0 Å². The second-order valence-corrected chi connectivity index (χ2v) is 17.8. The molecule has 0 aromatic heterocycles. The van der Waals surface area contributed by atoms with Crippen LogP contribution in [-0.4, -0.2) is 14.2 Å². The minimum Gasteiger partial charge on any atom is -0.496 e. The lowest BCUT2D eigenvalue weighted by Crippen LogP contribution is -2.32. The highest BCUT2D eigenvalue weighted by Gasteiger charge is 2.33. The van der Waals surface area contributed by atoms with Crippen molar-refractivity contribution in [1.82, 2.24) is 0 Å². The molecule has 0 fully saturated rings. The average molecular weight is 579 g/mol. The monoisotopic (exact) mass is 578 g/mol. The molecule has 1 unspecified atom stereocenters. The summed E-state index contributed by atoms with van der Waals surface area (Å²) in [5.74, 6) is 2.02. The summed E-state index contributed by atoms with van der Waals surface area (Å²) in [7, 11) is 5.75. The fourth-order valence-corrected chi connectivity index (χ4v) is 8.32.